The average Bonchev–Trinajstić information content (AvgIpc) is 3.22. The third kappa shape index (κ3) is 5.59. The molecular weight excluding hydrogens is 386 g/mol. The van der Waals surface area contributed by atoms with Gasteiger partial charge in [-0.2, -0.15) is 5.10 Å². The van der Waals surface area contributed by atoms with E-state index in [2.05, 4.69) is 57.9 Å². The van der Waals surface area contributed by atoms with Crippen molar-refractivity contribution in [3.05, 3.63) is 53.9 Å². The first kappa shape index (κ1) is 21.8. The Kier molecular flexibility index (Phi) is 7.70. The van der Waals surface area contributed by atoms with E-state index in [1.165, 1.54) is 5.56 Å². The number of aromatic nitrogens is 2. The molecule has 1 amide bonds. The van der Waals surface area contributed by atoms with E-state index in [4.69, 9.17) is 0 Å². The number of piperidine rings is 2. The quantitative estimate of drug-likeness (QED) is 0.785. The summed E-state index contributed by atoms with van der Waals surface area (Å²) in [7, 11) is 0. The predicted octanol–water partition coefficient (Wildman–Crippen LogP) is 3.01. The van der Waals surface area contributed by atoms with Crippen LogP contribution in [0, 0.1) is 0 Å². The van der Waals surface area contributed by atoms with Gasteiger partial charge in [0.05, 0.1) is 6.04 Å². The Morgan fingerprint density at radius 3 is 2.79 bits per heavy atom. The Labute approximate surface area is 179 Å². The van der Waals surface area contributed by atoms with Crippen molar-refractivity contribution < 1.29 is 4.79 Å². The molecule has 6 nitrogen and oxygen atoms in total. The van der Waals surface area contributed by atoms with Gasteiger partial charge in [-0.05, 0) is 50.8 Å². The van der Waals surface area contributed by atoms with Crippen molar-refractivity contribution in [3.63, 3.8) is 0 Å². The third-order valence-corrected chi connectivity index (χ3v) is 6.06. The second kappa shape index (κ2) is 10.2. The lowest BCUT2D eigenvalue weighted by molar-refractivity contribution is 0.0860. The lowest BCUT2D eigenvalue weighted by Crippen LogP contribution is -2.48. The van der Waals surface area contributed by atoms with E-state index in [1.807, 2.05) is 16.9 Å². The van der Waals surface area contributed by atoms with E-state index in [0.717, 1.165) is 51.9 Å². The fourth-order valence-electron chi connectivity index (χ4n) is 4.39. The van der Waals surface area contributed by atoms with Crippen molar-refractivity contribution in [1.82, 2.24) is 25.3 Å². The SMILES string of the molecule is CC1CC(NC(=O)c2ccn(C3CCCNC3)n2)CCN1Cc1ccccc1.Cl. The highest BCUT2D eigenvalue weighted by Crippen LogP contribution is 2.20. The fraction of sp³-hybridized carbons (Fsp3) is 0.545. The predicted molar refractivity (Wildman–Crippen MR) is 117 cm³/mol. The zero-order chi connectivity index (χ0) is 19.3. The van der Waals surface area contributed by atoms with Crippen LogP contribution in [0.1, 0.15) is 54.7 Å². The average molecular weight is 418 g/mol. The summed E-state index contributed by atoms with van der Waals surface area (Å²) in [5, 5.41) is 11.2. The van der Waals surface area contributed by atoms with Crippen molar-refractivity contribution in [1.29, 1.82) is 0 Å². The first-order chi connectivity index (χ1) is 13.7. The zero-order valence-corrected chi connectivity index (χ0v) is 17.9. The summed E-state index contributed by atoms with van der Waals surface area (Å²) in [5.41, 5.74) is 1.88. The van der Waals surface area contributed by atoms with Gasteiger partial charge in [-0.1, -0.05) is 30.3 Å². The molecule has 0 spiro atoms. The van der Waals surface area contributed by atoms with Gasteiger partial charge in [0, 0.05) is 37.9 Å². The minimum Gasteiger partial charge on any atom is -0.348 e. The van der Waals surface area contributed by atoms with Crippen molar-refractivity contribution in [3.8, 4) is 0 Å². The van der Waals surface area contributed by atoms with Crippen molar-refractivity contribution in [2.24, 2.45) is 0 Å². The van der Waals surface area contributed by atoms with Crippen LogP contribution in [0.25, 0.3) is 0 Å². The van der Waals surface area contributed by atoms with E-state index in [0.29, 0.717) is 17.8 Å². The standard InChI is InChI=1S/C22H31N5O.ClH/c1-17-14-19(9-12-26(17)16-18-6-3-2-4-7-18)24-22(28)21-10-13-27(25-21)20-8-5-11-23-15-20;/h2-4,6-7,10,13,17,19-20,23H,5,8-9,11-12,14-16H2,1H3,(H,24,28);1H. The molecule has 2 aromatic rings. The van der Waals surface area contributed by atoms with Crippen molar-refractivity contribution >= 4 is 18.3 Å². The first-order valence-electron chi connectivity index (χ1n) is 10.5. The van der Waals surface area contributed by atoms with Crippen LogP contribution in [0.15, 0.2) is 42.6 Å². The molecule has 29 heavy (non-hydrogen) atoms. The second-order valence-electron chi connectivity index (χ2n) is 8.18. The lowest BCUT2D eigenvalue weighted by Gasteiger charge is -2.38. The molecule has 3 unspecified atom stereocenters. The number of benzene rings is 1. The van der Waals surface area contributed by atoms with Crippen LogP contribution in [0.4, 0.5) is 0 Å². The van der Waals surface area contributed by atoms with Gasteiger partial charge >= 0.3 is 0 Å². The van der Waals surface area contributed by atoms with Crippen molar-refractivity contribution in [2.75, 3.05) is 19.6 Å². The summed E-state index contributed by atoms with van der Waals surface area (Å²) in [6.45, 7) is 6.24. The van der Waals surface area contributed by atoms with Crippen LogP contribution in [0.5, 0.6) is 0 Å². The van der Waals surface area contributed by atoms with Gasteiger partial charge < -0.3 is 10.6 Å². The van der Waals surface area contributed by atoms with Gasteiger partial charge in [0.1, 0.15) is 5.69 Å². The van der Waals surface area contributed by atoms with Crippen LogP contribution in [-0.4, -0.2) is 52.3 Å². The Bertz CT molecular complexity index is 775. The van der Waals surface area contributed by atoms with Gasteiger partial charge in [-0.3, -0.25) is 14.4 Å². The number of nitrogens with zero attached hydrogens (tertiary/aromatic N) is 3. The number of carbonyl (C=O) groups is 1. The van der Waals surface area contributed by atoms with Gasteiger partial charge in [0.2, 0.25) is 0 Å². The smallest absolute Gasteiger partial charge is 0.271 e. The highest BCUT2D eigenvalue weighted by atomic mass is 35.5. The highest BCUT2D eigenvalue weighted by Gasteiger charge is 2.27. The molecule has 0 bridgehead atoms. The molecule has 0 saturated carbocycles. The summed E-state index contributed by atoms with van der Waals surface area (Å²) >= 11 is 0. The molecule has 2 saturated heterocycles. The monoisotopic (exact) mass is 417 g/mol. The molecule has 0 aliphatic carbocycles. The van der Waals surface area contributed by atoms with Crippen LogP contribution in [-0.2, 0) is 6.54 Å². The highest BCUT2D eigenvalue weighted by molar-refractivity contribution is 5.92. The minimum absolute atomic E-state index is 0. The Hall–Kier alpha value is -1.89. The number of carbonyl (C=O) groups excluding carboxylic acids is 1. The molecule has 1 aromatic carbocycles. The zero-order valence-electron chi connectivity index (χ0n) is 17.1. The fourth-order valence-corrected chi connectivity index (χ4v) is 4.39. The molecule has 2 N–H and O–H groups in total. The van der Waals surface area contributed by atoms with Crippen LogP contribution in [0.3, 0.4) is 0 Å². The Balaban J connectivity index is 0.00000240. The maximum absolute atomic E-state index is 12.7. The topological polar surface area (TPSA) is 62.2 Å². The minimum atomic E-state index is -0.0452. The van der Waals surface area contributed by atoms with Crippen molar-refractivity contribution in [2.45, 2.75) is 57.3 Å². The largest absolute Gasteiger partial charge is 0.348 e. The normalized spacial score (nSPS) is 25.2. The second-order valence-corrected chi connectivity index (χ2v) is 8.18. The summed E-state index contributed by atoms with van der Waals surface area (Å²) in [6.07, 6.45) is 6.18. The number of hydrogen-bond donors (Lipinski definition) is 2. The summed E-state index contributed by atoms with van der Waals surface area (Å²) in [6, 6.07) is 13.5. The third-order valence-electron chi connectivity index (χ3n) is 6.06. The molecule has 4 rings (SSSR count). The Morgan fingerprint density at radius 2 is 2.07 bits per heavy atom. The number of halogens is 1. The van der Waals surface area contributed by atoms with Gasteiger partial charge in [0.15, 0.2) is 0 Å². The summed E-state index contributed by atoms with van der Waals surface area (Å²) in [5.74, 6) is -0.0452. The molecule has 1 aromatic heterocycles. The van der Waals surface area contributed by atoms with Crippen LogP contribution >= 0.6 is 12.4 Å². The first-order valence-corrected chi connectivity index (χ1v) is 10.5. The van der Waals surface area contributed by atoms with E-state index in [9.17, 15) is 4.79 Å². The molecule has 2 aliphatic heterocycles. The molecule has 7 heteroatoms. The van der Waals surface area contributed by atoms with E-state index in [1.54, 1.807) is 0 Å². The Morgan fingerprint density at radius 1 is 1.24 bits per heavy atom. The van der Waals surface area contributed by atoms with E-state index in [-0.39, 0.29) is 24.4 Å². The maximum Gasteiger partial charge on any atom is 0.271 e. The maximum atomic E-state index is 12.7. The van der Waals surface area contributed by atoms with Crippen LogP contribution in [0.2, 0.25) is 0 Å². The van der Waals surface area contributed by atoms with Crippen LogP contribution < -0.4 is 10.6 Å². The van der Waals surface area contributed by atoms with Gasteiger partial charge in [0.25, 0.3) is 5.91 Å². The lowest BCUT2D eigenvalue weighted by atomic mass is 9.97. The molecule has 0 radical (unpaired) electrons. The summed E-state index contributed by atoms with van der Waals surface area (Å²) < 4.78 is 1.95. The molecule has 2 fully saturated rings. The molecule has 158 valence electrons. The molecule has 2 aliphatic rings. The molecule has 3 atom stereocenters. The molecular formula is C22H32ClN5O. The summed E-state index contributed by atoms with van der Waals surface area (Å²) in [4.78, 5) is 15.2. The van der Waals surface area contributed by atoms with E-state index < -0.39 is 0 Å². The molecule has 3 heterocycles. The number of hydrogen-bond acceptors (Lipinski definition) is 4. The number of nitrogens with one attached hydrogen (secondary N) is 2. The number of likely N-dealkylation sites (tertiary alicyclic amines) is 1. The van der Waals surface area contributed by atoms with E-state index >= 15 is 0 Å². The van der Waals surface area contributed by atoms with Gasteiger partial charge in [-0.15, -0.1) is 12.4 Å². The number of amides is 1. The van der Waals surface area contributed by atoms with Gasteiger partial charge in [-0.25, -0.2) is 0 Å². The number of rotatable bonds is 5.